The number of halogens is 2. The largest absolute Gasteiger partial charge is 0.384 e. The number of hydrogen-bond donors (Lipinski definition) is 1. The van der Waals surface area contributed by atoms with Gasteiger partial charge in [0.2, 0.25) is 0 Å². The molecule has 0 amide bonds. The van der Waals surface area contributed by atoms with Crippen molar-refractivity contribution in [3.05, 3.63) is 33.0 Å². The summed E-state index contributed by atoms with van der Waals surface area (Å²) in [5.74, 6) is 1.54. The van der Waals surface area contributed by atoms with Crippen LogP contribution in [0.4, 0.5) is 5.82 Å². The Balaban J connectivity index is 2.46. The minimum atomic E-state index is 0.470. The number of hydrogen-bond acceptors (Lipinski definition) is 4. The maximum Gasteiger partial charge on any atom is 0.181 e. The number of nitrogen functional groups attached to an aromatic ring is 1. The van der Waals surface area contributed by atoms with Crippen molar-refractivity contribution < 1.29 is 0 Å². The molecular formula is C13H14Br2N4. The SMILES string of the molecule is CC(C)Cc1cc(N)nc(-c2ncc(Br)cc2Br)n1. The molecule has 0 aliphatic carbocycles. The zero-order valence-corrected chi connectivity index (χ0v) is 13.9. The summed E-state index contributed by atoms with van der Waals surface area (Å²) in [6.45, 7) is 4.29. The van der Waals surface area contributed by atoms with E-state index in [0.29, 0.717) is 23.3 Å². The van der Waals surface area contributed by atoms with Crippen molar-refractivity contribution in [3.63, 3.8) is 0 Å². The van der Waals surface area contributed by atoms with Gasteiger partial charge in [0.05, 0.1) is 0 Å². The lowest BCUT2D eigenvalue weighted by molar-refractivity contribution is 0.635. The maximum absolute atomic E-state index is 5.85. The Morgan fingerprint density at radius 2 is 1.95 bits per heavy atom. The Hall–Kier alpha value is -1.01. The van der Waals surface area contributed by atoms with Crippen molar-refractivity contribution in [1.29, 1.82) is 0 Å². The molecule has 0 aliphatic rings. The number of rotatable bonds is 3. The third kappa shape index (κ3) is 3.73. The second kappa shape index (κ2) is 5.96. The van der Waals surface area contributed by atoms with Gasteiger partial charge in [0, 0.05) is 26.9 Å². The van der Waals surface area contributed by atoms with Gasteiger partial charge in [0.25, 0.3) is 0 Å². The van der Waals surface area contributed by atoms with Gasteiger partial charge in [-0.3, -0.25) is 4.98 Å². The van der Waals surface area contributed by atoms with Crippen molar-refractivity contribution in [2.75, 3.05) is 5.73 Å². The van der Waals surface area contributed by atoms with Crippen LogP contribution in [-0.4, -0.2) is 15.0 Å². The summed E-state index contributed by atoms with van der Waals surface area (Å²) in [4.78, 5) is 13.1. The summed E-state index contributed by atoms with van der Waals surface area (Å²) in [7, 11) is 0. The quantitative estimate of drug-likeness (QED) is 0.871. The first kappa shape index (κ1) is 14.4. The van der Waals surface area contributed by atoms with Crippen LogP contribution in [0.3, 0.4) is 0 Å². The molecule has 2 N–H and O–H groups in total. The second-order valence-electron chi connectivity index (χ2n) is 4.69. The Morgan fingerprint density at radius 1 is 1.21 bits per heavy atom. The normalized spacial score (nSPS) is 11.0. The smallest absolute Gasteiger partial charge is 0.181 e. The predicted octanol–water partition coefficient (Wildman–Crippen LogP) is 3.84. The highest BCUT2D eigenvalue weighted by Gasteiger charge is 2.11. The van der Waals surface area contributed by atoms with E-state index in [4.69, 9.17) is 5.73 Å². The molecule has 100 valence electrons. The Bertz CT molecular complexity index is 599. The average molecular weight is 386 g/mol. The number of aromatic nitrogens is 3. The highest BCUT2D eigenvalue weighted by Crippen LogP contribution is 2.27. The van der Waals surface area contributed by atoms with E-state index >= 15 is 0 Å². The summed E-state index contributed by atoms with van der Waals surface area (Å²) in [6.07, 6.45) is 2.59. The molecule has 0 unspecified atom stereocenters. The fourth-order valence-corrected chi connectivity index (χ4v) is 2.89. The van der Waals surface area contributed by atoms with Crippen LogP contribution >= 0.6 is 31.9 Å². The maximum atomic E-state index is 5.85. The molecular weight excluding hydrogens is 372 g/mol. The van der Waals surface area contributed by atoms with Crippen LogP contribution < -0.4 is 5.73 Å². The van der Waals surface area contributed by atoms with Crippen LogP contribution in [0.25, 0.3) is 11.5 Å². The van der Waals surface area contributed by atoms with E-state index in [9.17, 15) is 0 Å². The van der Waals surface area contributed by atoms with Gasteiger partial charge in [-0.25, -0.2) is 9.97 Å². The van der Waals surface area contributed by atoms with Crippen LogP contribution in [-0.2, 0) is 6.42 Å². The molecule has 0 atom stereocenters. The lowest BCUT2D eigenvalue weighted by atomic mass is 10.1. The van der Waals surface area contributed by atoms with E-state index in [1.165, 1.54) is 0 Å². The molecule has 0 saturated carbocycles. The molecule has 2 rings (SSSR count). The highest BCUT2D eigenvalue weighted by atomic mass is 79.9. The minimum absolute atomic E-state index is 0.470. The van der Waals surface area contributed by atoms with Gasteiger partial charge in [0.15, 0.2) is 5.82 Å². The first-order valence-corrected chi connectivity index (χ1v) is 7.49. The minimum Gasteiger partial charge on any atom is -0.384 e. The molecule has 4 nitrogen and oxygen atoms in total. The summed E-state index contributed by atoms with van der Waals surface area (Å²) < 4.78 is 1.73. The molecule has 0 bridgehead atoms. The standard InChI is InChI=1S/C13H14Br2N4/c1-7(2)3-9-5-11(16)19-13(18-9)12-10(15)4-8(14)6-17-12/h4-7H,3H2,1-2H3,(H2,16,18,19). The Labute approximate surface area is 129 Å². The van der Waals surface area contributed by atoms with Crippen LogP contribution in [0.1, 0.15) is 19.5 Å². The van der Waals surface area contributed by atoms with E-state index in [1.54, 1.807) is 6.20 Å². The Morgan fingerprint density at radius 3 is 2.58 bits per heavy atom. The van der Waals surface area contributed by atoms with Gasteiger partial charge in [-0.15, -0.1) is 0 Å². The summed E-state index contributed by atoms with van der Waals surface area (Å²) in [6, 6.07) is 3.73. The van der Waals surface area contributed by atoms with E-state index in [0.717, 1.165) is 21.1 Å². The molecule has 0 spiro atoms. The second-order valence-corrected chi connectivity index (χ2v) is 6.46. The lowest BCUT2D eigenvalue weighted by Gasteiger charge is -2.08. The zero-order valence-electron chi connectivity index (χ0n) is 10.7. The van der Waals surface area contributed by atoms with Crippen molar-refractivity contribution in [2.24, 2.45) is 5.92 Å². The third-order valence-corrected chi connectivity index (χ3v) is 3.47. The number of anilines is 1. The van der Waals surface area contributed by atoms with Gasteiger partial charge in [-0.2, -0.15) is 0 Å². The Kier molecular flexibility index (Phi) is 4.52. The summed E-state index contributed by atoms with van der Waals surface area (Å²) in [5, 5.41) is 0. The molecule has 0 fully saturated rings. The number of pyridine rings is 1. The van der Waals surface area contributed by atoms with Gasteiger partial charge >= 0.3 is 0 Å². The van der Waals surface area contributed by atoms with E-state index < -0.39 is 0 Å². The first-order valence-electron chi connectivity index (χ1n) is 5.90. The van der Waals surface area contributed by atoms with Crippen molar-refractivity contribution >= 4 is 37.7 Å². The molecule has 0 aromatic carbocycles. The van der Waals surface area contributed by atoms with Crippen LogP contribution in [0.2, 0.25) is 0 Å². The van der Waals surface area contributed by atoms with Crippen LogP contribution in [0.15, 0.2) is 27.3 Å². The van der Waals surface area contributed by atoms with Crippen LogP contribution in [0, 0.1) is 5.92 Å². The number of nitrogens with two attached hydrogens (primary N) is 1. The lowest BCUT2D eigenvalue weighted by Crippen LogP contribution is -2.04. The molecule has 0 aliphatic heterocycles. The van der Waals surface area contributed by atoms with Crippen LogP contribution in [0.5, 0.6) is 0 Å². The fourth-order valence-electron chi connectivity index (χ4n) is 1.73. The molecule has 2 aromatic heterocycles. The van der Waals surface area contributed by atoms with E-state index in [-0.39, 0.29) is 0 Å². The third-order valence-electron chi connectivity index (χ3n) is 2.44. The van der Waals surface area contributed by atoms with Gasteiger partial charge < -0.3 is 5.73 Å². The summed E-state index contributed by atoms with van der Waals surface area (Å²) in [5.41, 5.74) is 7.48. The topological polar surface area (TPSA) is 64.7 Å². The fraction of sp³-hybridized carbons (Fsp3) is 0.308. The molecule has 2 aromatic rings. The monoisotopic (exact) mass is 384 g/mol. The molecule has 0 saturated heterocycles. The first-order chi connectivity index (χ1) is 8.95. The van der Waals surface area contributed by atoms with Crippen molar-refractivity contribution in [1.82, 2.24) is 15.0 Å². The van der Waals surface area contributed by atoms with Gasteiger partial charge in [0.1, 0.15) is 11.5 Å². The highest BCUT2D eigenvalue weighted by molar-refractivity contribution is 9.11. The number of nitrogens with zero attached hydrogens (tertiary/aromatic N) is 3. The van der Waals surface area contributed by atoms with Crippen molar-refractivity contribution in [3.8, 4) is 11.5 Å². The molecule has 19 heavy (non-hydrogen) atoms. The molecule has 6 heteroatoms. The van der Waals surface area contributed by atoms with E-state index in [2.05, 4.69) is 60.7 Å². The molecule has 2 heterocycles. The summed E-state index contributed by atoms with van der Waals surface area (Å²) >= 11 is 6.84. The van der Waals surface area contributed by atoms with E-state index in [1.807, 2.05) is 12.1 Å². The molecule has 0 radical (unpaired) electrons. The predicted molar refractivity (Wildman–Crippen MR) is 83.6 cm³/mol. The van der Waals surface area contributed by atoms with Gasteiger partial charge in [-0.1, -0.05) is 13.8 Å². The zero-order chi connectivity index (χ0) is 14.0. The van der Waals surface area contributed by atoms with Gasteiger partial charge in [-0.05, 0) is 50.3 Å². The van der Waals surface area contributed by atoms with Crippen molar-refractivity contribution in [2.45, 2.75) is 20.3 Å². The average Bonchev–Trinajstić information content (AvgIpc) is 2.26.